The van der Waals surface area contributed by atoms with Crippen LogP contribution in [0.5, 0.6) is 0 Å². The molecule has 8 heteroatoms. The number of amides is 1. The minimum absolute atomic E-state index is 0.132. The molecule has 1 saturated heterocycles. The van der Waals surface area contributed by atoms with Crippen molar-refractivity contribution in [1.29, 1.82) is 0 Å². The van der Waals surface area contributed by atoms with Crippen LogP contribution in [0.2, 0.25) is 0 Å². The molecule has 0 radical (unpaired) electrons. The van der Waals surface area contributed by atoms with Gasteiger partial charge >= 0.3 is 6.09 Å². The molecule has 0 saturated carbocycles. The molecule has 0 spiro atoms. The number of ether oxygens (including phenoxy) is 1. The van der Waals surface area contributed by atoms with Gasteiger partial charge in [0.1, 0.15) is 18.3 Å². The van der Waals surface area contributed by atoms with Crippen molar-refractivity contribution in [2.75, 3.05) is 18.4 Å². The van der Waals surface area contributed by atoms with Gasteiger partial charge in [-0.25, -0.2) is 19.4 Å². The molecule has 3 rings (SSSR count). The molecular formula is C17H24N6O2. The molecule has 2 aromatic heterocycles. The van der Waals surface area contributed by atoms with E-state index in [1.807, 2.05) is 32.9 Å². The van der Waals surface area contributed by atoms with Gasteiger partial charge in [-0.2, -0.15) is 5.10 Å². The Bertz CT molecular complexity index is 710. The number of pyridine rings is 1. The van der Waals surface area contributed by atoms with Crippen molar-refractivity contribution in [2.24, 2.45) is 0 Å². The Morgan fingerprint density at radius 2 is 2.24 bits per heavy atom. The fourth-order valence-electron chi connectivity index (χ4n) is 2.82. The van der Waals surface area contributed by atoms with E-state index in [0.29, 0.717) is 12.4 Å². The third kappa shape index (κ3) is 4.46. The molecule has 1 amide bonds. The first-order valence-corrected chi connectivity index (χ1v) is 8.47. The topological polar surface area (TPSA) is 85.2 Å². The zero-order chi connectivity index (χ0) is 17.9. The van der Waals surface area contributed by atoms with Crippen molar-refractivity contribution in [3.63, 3.8) is 0 Å². The Hall–Kier alpha value is -2.64. The highest BCUT2D eigenvalue weighted by Crippen LogP contribution is 2.21. The van der Waals surface area contributed by atoms with Crippen LogP contribution in [0, 0.1) is 0 Å². The van der Waals surface area contributed by atoms with Crippen LogP contribution in [-0.4, -0.2) is 55.5 Å². The Morgan fingerprint density at radius 1 is 1.40 bits per heavy atom. The van der Waals surface area contributed by atoms with Crippen molar-refractivity contribution in [2.45, 2.75) is 45.3 Å². The predicted octanol–water partition coefficient (Wildman–Crippen LogP) is 2.47. The summed E-state index contributed by atoms with van der Waals surface area (Å²) in [6.07, 6.45) is 6.45. The molecule has 134 valence electrons. The maximum Gasteiger partial charge on any atom is 0.410 e. The number of rotatable bonds is 3. The maximum absolute atomic E-state index is 12.3. The molecule has 25 heavy (non-hydrogen) atoms. The standard InChI is InChI=1S/C17H24N6O2/c1-17(2,3)25-16(24)22-9-5-6-13(10-22)21-14-7-4-8-19-15(14)23-12-18-11-20-23/h4,7-8,11-13,21H,5-6,9-10H2,1-3H3. The summed E-state index contributed by atoms with van der Waals surface area (Å²) in [4.78, 5) is 22.4. The zero-order valence-corrected chi connectivity index (χ0v) is 14.8. The van der Waals surface area contributed by atoms with E-state index in [9.17, 15) is 4.79 Å². The lowest BCUT2D eigenvalue weighted by molar-refractivity contribution is 0.0206. The average molecular weight is 344 g/mol. The molecule has 1 atom stereocenters. The SMILES string of the molecule is CC(C)(C)OC(=O)N1CCCC(Nc2cccnc2-n2cncn2)C1. The number of likely N-dealkylation sites (tertiary alicyclic amines) is 1. The summed E-state index contributed by atoms with van der Waals surface area (Å²) in [7, 11) is 0. The normalized spacial score (nSPS) is 18.0. The third-order valence-corrected chi connectivity index (χ3v) is 3.86. The van der Waals surface area contributed by atoms with Crippen molar-refractivity contribution in [3.8, 4) is 5.82 Å². The van der Waals surface area contributed by atoms with Crippen LogP contribution in [0.3, 0.4) is 0 Å². The van der Waals surface area contributed by atoms with E-state index in [1.165, 1.54) is 6.33 Å². The highest BCUT2D eigenvalue weighted by Gasteiger charge is 2.28. The largest absolute Gasteiger partial charge is 0.444 e. The lowest BCUT2D eigenvalue weighted by atomic mass is 10.1. The van der Waals surface area contributed by atoms with Gasteiger partial charge < -0.3 is 15.0 Å². The molecule has 0 bridgehead atoms. The zero-order valence-electron chi connectivity index (χ0n) is 14.8. The Morgan fingerprint density at radius 3 is 2.96 bits per heavy atom. The van der Waals surface area contributed by atoms with Crippen molar-refractivity contribution < 1.29 is 9.53 Å². The highest BCUT2D eigenvalue weighted by atomic mass is 16.6. The van der Waals surface area contributed by atoms with Crippen molar-refractivity contribution in [1.82, 2.24) is 24.6 Å². The number of nitrogens with zero attached hydrogens (tertiary/aromatic N) is 5. The molecule has 1 aliphatic heterocycles. The number of carbonyl (C=O) groups is 1. The summed E-state index contributed by atoms with van der Waals surface area (Å²) in [5.74, 6) is 0.689. The molecule has 1 fully saturated rings. The van der Waals surface area contributed by atoms with Gasteiger partial charge in [-0.1, -0.05) is 0 Å². The number of anilines is 1. The molecule has 0 aliphatic carbocycles. The summed E-state index contributed by atoms with van der Waals surface area (Å²) in [6.45, 7) is 6.95. The van der Waals surface area contributed by atoms with Crippen LogP contribution in [-0.2, 0) is 4.74 Å². The Labute approximate surface area is 147 Å². The number of hydrogen-bond donors (Lipinski definition) is 1. The molecule has 3 heterocycles. The molecule has 8 nitrogen and oxygen atoms in total. The lowest BCUT2D eigenvalue weighted by Gasteiger charge is -2.35. The van der Waals surface area contributed by atoms with Gasteiger partial charge in [-0.05, 0) is 45.7 Å². The predicted molar refractivity (Wildman–Crippen MR) is 93.6 cm³/mol. The van der Waals surface area contributed by atoms with Crippen LogP contribution < -0.4 is 5.32 Å². The van der Waals surface area contributed by atoms with E-state index in [2.05, 4.69) is 20.4 Å². The van der Waals surface area contributed by atoms with E-state index in [-0.39, 0.29) is 12.1 Å². The molecular weight excluding hydrogens is 320 g/mol. The second kappa shape index (κ2) is 7.08. The smallest absolute Gasteiger partial charge is 0.410 e. The first-order valence-electron chi connectivity index (χ1n) is 8.47. The second-order valence-electron chi connectivity index (χ2n) is 7.12. The van der Waals surface area contributed by atoms with Gasteiger partial charge in [0.2, 0.25) is 0 Å². The van der Waals surface area contributed by atoms with Crippen LogP contribution >= 0.6 is 0 Å². The number of piperidine rings is 1. The Kier molecular flexibility index (Phi) is 4.87. The first-order chi connectivity index (χ1) is 11.9. The van der Waals surface area contributed by atoms with Crippen molar-refractivity contribution >= 4 is 11.8 Å². The number of carbonyl (C=O) groups excluding carboxylic acids is 1. The summed E-state index contributed by atoms with van der Waals surface area (Å²) >= 11 is 0. The molecule has 2 aromatic rings. The van der Waals surface area contributed by atoms with E-state index in [0.717, 1.165) is 25.1 Å². The Balaban J connectivity index is 1.69. The van der Waals surface area contributed by atoms with E-state index in [4.69, 9.17) is 4.74 Å². The monoisotopic (exact) mass is 344 g/mol. The molecule has 1 N–H and O–H groups in total. The average Bonchev–Trinajstić information content (AvgIpc) is 3.08. The summed E-state index contributed by atoms with van der Waals surface area (Å²) in [6, 6.07) is 3.96. The fraction of sp³-hybridized carbons (Fsp3) is 0.529. The third-order valence-electron chi connectivity index (χ3n) is 3.86. The number of aromatic nitrogens is 4. The van der Waals surface area contributed by atoms with Crippen LogP contribution in [0.4, 0.5) is 10.5 Å². The van der Waals surface area contributed by atoms with Crippen LogP contribution in [0.15, 0.2) is 31.0 Å². The van der Waals surface area contributed by atoms with Crippen molar-refractivity contribution in [3.05, 3.63) is 31.0 Å². The van der Waals surface area contributed by atoms with E-state index >= 15 is 0 Å². The highest BCUT2D eigenvalue weighted by molar-refractivity contribution is 5.68. The van der Waals surface area contributed by atoms with Gasteiger partial charge in [0, 0.05) is 25.3 Å². The summed E-state index contributed by atoms with van der Waals surface area (Å²) < 4.78 is 7.10. The maximum atomic E-state index is 12.3. The van der Waals surface area contributed by atoms with Gasteiger partial charge in [-0.15, -0.1) is 0 Å². The minimum atomic E-state index is -0.485. The summed E-state index contributed by atoms with van der Waals surface area (Å²) in [5.41, 5.74) is 0.380. The number of nitrogens with one attached hydrogen (secondary N) is 1. The van der Waals surface area contributed by atoms with Gasteiger partial charge in [0.05, 0.1) is 5.69 Å². The van der Waals surface area contributed by atoms with E-state index < -0.39 is 5.60 Å². The van der Waals surface area contributed by atoms with E-state index in [1.54, 1.807) is 22.1 Å². The van der Waals surface area contributed by atoms with Crippen LogP contribution in [0.25, 0.3) is 5.82 Å². The molecule has 0 aromatic carbocycles. The van der Waals surface area contributed by atoms with Gasteiger partial charge in [0.25, 0.3) is 0 Å². The lowest BCUT2D eigenvalue weighted by Crippen LogP contribution is -2.47. The summed E-state index contributed by atoms with van der Waals surface area (Å²) in [5, 5.41) is 7.63. The fourth-order valence-corrected chi connectivity index (χ4v) is 2.82. The first kappa shape index (κ1) is 17.2. The van der Waals surface area contributed by atoms with Gasteiger partial charge in [0.15, 0.2) is 5.82 Å². The minimum Gasteiger partial charge on any atom is -0.444 e. The van der Waals surface area contributed by atoms with Gasteiger partial charge in [-0.3, -0.25) is 0 Å². The molecule has 1 unspecified atom stereocenters. The molecule has 1 aliphatic rings. The van der Waals surface area contributed by atoms with Crippen LogP contribution in [0.1, 0.15) is 33.6 Å². The quantitative estimate of drug-likeness (QED) is 0.921. The number of hydrogen-bond acceptors (Lipinski definition) is 6. The second-order valence-corrected chi connectivity index (χ2v) is 7.12.